The zero-order valence-corrected chi connectivity index (χ0v) is 19.9. The zero-order chi connectivity index (χ0) is 21.9. The molecule has 1 aliphatic rings. The molecule has 2 N–H and O–H groups in total. The van der Waals surface area contributed by atoms with Crippen LogP contribution in [-0.2, 0) is 0 Å². The summed E-state index contributed by atoms with van der Waals surface area (Å²) in [4.78, 5) is 10.7. The van der Waals surface area contributed by atoms with Crippen molar-refractivity contribution in [3.63, 3.8) is 0 Å². The largest absolute Gasteiger partial charge is 0.495 e. The number of rotatable bonds is 6. The molecule has 3 heterocycles. The second-order valence-corrected chi connectivity index (χ2v) is 9.62. The van der Waals surface area contributed by atoms with E-state index >= 15 is 0 Å². The molecule has 0 aliphatic carbocycles. The lowest BCUT2D eigenvalue weighted by atomic mass is 9.90. The SMILES string of the molecule is COc1cc(C2CCNCC2)ccc1Nc1ncc2scc(-c3ccccc3SC)c2n1. The Morgan fingerprint density at radius 1 is 1.12 bits per heavy atom. The number of hydrogen-bond acceptors (Lipinski definition) is 7. The third-order valence-corrected chi connectivity index (χ3v) is 7.70. The summed E-state index contributed by atoms with van der Waals surface area (Å²) >= 11 is 3.43. The lowest BCUT2D eigenvalue weighted by Crippen LogP contribution is -2.26. The molecule has 0 radical (unpaired) electrons. The highest BCUT2D eigenvalue weighted by Crippen LogP contribution is 2.38. The summed E-state index contributed by atoms with van der Waals surface area (Å²) in [5.41, 5.74) is 5.54. The van der Waals surface area contributed by atoms with E-state index in [4.69, 9.17) is 9.72 Å². The quantitative estimate of drug-likeness (QED) is 0.328. The number of nitrogens with zero attached hydrogens (tertiary/aromatic N) is 2. The number of fused-ring (bicyclic) bond motifs is 1. The molecular formula is C25H26N4OS2. The summed E-state index contributed by atoms with van der Waals surface area (Å²) in [6.45, 7) is 2.15. The van der Waals surface area contributed by atoms with Crippen molar-refractivity contribution in [3.8, 4) is 16.9 Å². The number of nitrogens with one attached hydrogen (secondary N) is 2. The Morgan fingerprint density at radius 3 is 2.78 bits per heavy atom. The Morgan fingerprint density at radius 2 is 1.97 bits per heavy atom. The van der Waals surface area contributed by atoms with Gasteiger partial charge in [-0.3, -0.25) is 0 Å². The summed E-state index contributed by atoms with van der Waals surface area (Å²) in [5, 5.41) is 8.99. The number of thiophene rings is 1. The molecule has 1 saturated heterocycles. The molecule has 2 aromatic carbocycles. The van der Waals surface area contributed by atoms with Gasteiger partial charge in [-0.15, -0.1) is 23.1 Å². The normalized spacial score (nSPS) is 14.6. The van der Waals surface area contributed by atoms with Gasteiger partial charge in [-0.25, -0.2) is 9.97 Å². The van der Waals surface area contributed by atoms with Crippen LogP contribution in [-0.4, -0.2) is 36.4 Å². The molecule has 0 amide bonds. The first-order valence-corrected chi connectivity index (χ1v) is 12.9. The van der Waals surface area contributed by atoms with Crippen LogP contribution in [0, 0.1) is 0 Å². The average Bonchev–Trinajstić information content (AvgIpc) is 3.28. The third kappa shape index (κ3) is 4.20. The minimum Gasteiger partial charge on any atom is -0.495 e. The predicted octanol–water partition coefficient (Wildman–Crippen LogP) is 6.30. The number of benzene rings is 2. The van der Waals surface area contributed by atoms with E-state index in [9.17, 15) is 0 Å². The number of piperidine rings is 1. The van der Waals surface area contributed by atoms with Crippen LogP contribution in [0.25, 0.3) is 21.3 Å². The number of aromatic nitrogens is 2. The molecule has 5 nitrogen and oxygen atoms in total. The average molecular weight is 463 g/mol. The van der Waals surface area contributed by atoms with Crippen molar-refractivity contribution in [3.05, 3.63) is 59.6 Å². The van der Waals surface area contributed by atoms with Crippen LogP contribution in [0.2, 0.25) is 0 Å². The molecule has 4 aromatic rings. The summed E-state index contributed by atoms with van der Waals surface area (Å²) in [7, 11) is 1.72. The number of methoxy groups -OCH3 is 1. The van der Waals surface area contributed by atoms with E-state index in [2.05, 4.69) is 69.7 Å². The number of anilines is 2. The smallest absolute Gasteiger partial charge is 0.227 e. The predicted molar refractivity (Wildman–Crippen MR) is 136 cm³/mol. The molecule has 0 unspecified atom stereocenters. The molecule has 1 aliphatic heterocycles. The van der Waals surface area contributed by atoms with E-state index < -0.39 is 0 Å². The van der Waals surface area contributed by atoms with Gasteiger partial charge >= 0.3 is 0 Å². The fraction of sp³-hybridized carbons (Fsp3) is 0.280. The number of hydrogen-bond donors (Lipinski definition) is 2. The Balaban J connectivity index is 1.47. The van der Waals surface area contributed by atoms with Crippen LogP contribution < -0.4 is 15.4 Å². The van der Waals surface area contributed by atoms with Crippen LogP contribution in [0.5, 0.6) is 5.75 Å². The van der Waals surface area contributed by atoms with Gasteiger partial charge in [-0.05, 0) is 67.4 Å². The fourth-order valence-corrected chi connectivity index (χ4v) is 5.76. The second kappa shape index (κ2) is 9.48. The second-order valence-electron chi connectivity index (χ2n) is 7.87. The number of ether oxygens (including phenoxy) is 1. The molecule has 7 heteroatoms. The highest BCUT2D eigenvalue weighted by Gasteiger charge is 2.18. The molecule has 164 valence electrons. The highest BCUT2D eigenvalue weighted by molar-refractivity contribution is 7.98. The van der Waals surface area contributed by atoms with Gasteiger partial charge in [0, 0.05) is 15.8 Å². The van der Waals surface area contributed by atoms with Crippen molar-refractivity contribution >= 4 is 45.0 Å². The van der Waals surface area contributed by atoms with Crippen molar-refractivity contribution in [2.24, 2.45) is 0 Å². The van der Waals surface area contributed by atoms with Gasteiger partial charge in [0.05, 0.1) is 29.2 Å². The molecule has 0 atom stereocenters. The zero-order valence-electron chi connectivity index (χ0n) is 18.2. The van der Waals surface area contributed by atoms with Gasteiger partial charge in [0.15, 0.2) is 0 Å². The lowest BCUT2D eigenvalue weighted by molar-refractivity contribution is 0.413. The highest BCUT2D eigenvalue weighted by atomic mass is 32.2. The maximum absolute atomic E-state index is 5.71. The molecule has 2 aromatic heterocycles. The van der Waals surface area contributed by atoms with E-state index in [1.165, 1.54) is 16.0 Å². The Bertz CT molecular complexity index is 1230. The van der Waals surface area contributed by atoms with E-state index in [0.717, 1.165) is 53.1 Å². The van der Waals surface area contributed by atoms with Crippen LogP contribution in [0.4, 0.5) is 11.6 Å². The topological polar surface area (TPSA) is 59.1 Å². The van der Waals surface area contributed by atoms with Gasteiger partial charge in [-0.1, -0.05) is 24.3 Å². The van der Waals surface area contributed by atoms with Gasteiger partial charge in [0.2, 0.25) is 5.95 Å². The lowest BCUT2D eigenvalue weighted by Gasteiger charge is -2.24. The molecule has 0 spiro atoms. The minimum atomic E-state index is 0.576. The van der Waals surface area contributed by atoms with Crippen molar-refractivity contribution < 1.29 is 4.74 Å². The van der Waals surface area contributed by atoms with Gasteiger partial charge in [0.1, 0.15) is 5.75 Å². The van der Waals surface area contributed by atoms with E-state index in [1.807, 2.05) is 6.20 Å². The van der Waals surface area contributed by atoms with E-state index in [0.29, 0.717) is 11.9 Å². The van der Waals surface area contributed by atoms with Crippen LogP contribution in [0.3, 0.4) is 0 Å². The standard InChI is InChI=1S/C25H26N4OS2/c1-30-21-13-17(16-9-11-26-12-10-16)7-8-20(21)28-25-27-14-23-24(29-25)19(15-32-23)18-5-3-4-6-22(18)31-2/h3-8,13-16,26H,9-12H2,1-2H3,(H,27,28,29). The summed E-state index contributed by atoms with van der Waals surface area (Å²) in [6, 6.07) is 14.9. The van der Waals surface area contributed by atoms with Gasteiger partial charge in [0.25, 0.3) is 0 Å². The summed E-state index contributed by atoms with van der Waals surface area (Å²) in [6.07, 6.45) is 6.33. The van der Waals surface area contributed by atoms with Gasteiger partial charge in [-0.2, -0.15) is 0 Å². The molecule has 0 bridgehead atoms. The maximum Gasteiger partial charge on any atom is 0.227 e. The first kappa shape index (κ1) is 21.2. The van der Waals surface area contributed by atoms with Crippen molar-refractivity contribution in [1.82, 2.24) is 15.3 Å². The van der Waals surface area contributed by atoms with Gasteiger partial charge < -0.3 is 15.4 Å². The monoisotopic (exact) mass is 462 g/mol. The van der Waals surface area contributed by atoms with Crippen LogP contribution in [0.15, 0.2) is 58.9 Å². The molecule has 5 rings (SSSR count). The van der Waals surface area contributed by atoms with Crippen molar-refractivity contribution in [2.75, 3.05) is 31.8 Å². The van der Waals surface area contributed by atoms with E-state index in [1.54, 1.807) is 30.2 Å². The van der Waals surface area contributed by atoms with E-state index in [-0.39, 0.29) is 0 Å². The Kier molecular flexibility index (Phi) is 6.30. The first-order valence-electron chi connectivity index (χ1n) is 10.8. The summed E-state index contributed by atoms with van der Waals surface area (Å²) < 4.78 is 6.79. The Labute approximate surface area is 196 Å². The maximum atomic E-state index is 5.71. The van der Waals surface area contributed by atoms with Crippen molar-refractivity contribution in [1.29, 1.82) is 0 Å². The van der Waals surface area contributed by atoms with Crippen LogP contribution in [0.1, 0.15) is 24.3 Å². The van der Waals surface area contributed by atoms with Crippen LogP contribution >= 0.6 is 23.1 Å². The summed E-state index contributed by atoms with van der Waals surface area (Å²) in [5.74, 6) is 1.98. The van der Waals surface area contributed by atoms with Crippen molar-refractivity contribution in [2.45, 2.75) is 23.7 Å². The number of thioether (sulfide) groups is 1. The Hall–Kier alpha value is -2.61. The fourth-order valence-electron chi connectivity index (χ4n) is 4.29. The molecule has 32 heavy (non-hydrogen) atoms. The molecule has 1 fully saturated rings. The first-order chi connectivity index (χ1) is 15.8. The minimum absolute atomic E-state index is 0.576. The third-order valence-electron chi connectivity index (χ3n) is 5.99. The molecular weight excluding hydrogens is 436 g/mol. The molecule has 0 saturated carbocycles.